The van der Waals surface area contributed by atoms with Crippen molar-refractivity contribution in [3.05, 3.63) is 35.4 Å². The van der Waals surface area contributed by atoms with Gasteiger partial charge in [0.05, 0.1) is 5.56 Å². The third kappa shape index (κ3) is 3.10. The number of carboxylic acids is 1. The number of carbonyl (C=O) groups is 1. The van der Waals surface area contributed by atoms with E-state index in [0.29, 0.717) is 17.5 Å². The van der Waals surface area contributed by atoms with Crippen LogP contribution in [0.1, 0.15) is 48.5 Å². The molecule has 0 saturated heterocycles. The maximum atomic E-state index is 11.1. The lowest BCUT2D eigenvalue weighted by Gasteiger charge is -2.15. The highest BCUT2D eigenvalue weighted by Crippen LogP contribution is 2.48. The van der Waals surface area contributed by atoms with Crippen molar-refractivity contribution in [1.29, 1.82) is 0 Å². The van der Waals surface area contributed by atoms with Gasteiger partial charge in [0.2, 0.25) is 0 Å². The van der Waals surface area contributed by atoms with Crippen molar-refractivity contribution >= 4 is 5.97 Å². The monoisotopic (exact) mass is 247 g/mol. The molecule has 0 unspecified atom stereocenters. The van der Waals surface area contributed by atoms with E-state index in [1.54, 1.807) is 12.1 Å². The molecule has 0 amide bonds. The molecule has 98 valence electrons. The molecule has 0 spiro atoms. The Morgan fingerprint density at radius 2 is 2.11 bits per heavy atom. The van der Waals surface area contributed by atoms with Crippen LogP contribution in [0, 0.1) is 5.41 Å². The summed E-state index contributed by atoms with van der Waals surface area (Å²) in [7, 11) is 0. The zero-order valence-corrected chi connectivity index (χ0v) is 10.9. The molecule has 2 N–H and O–H groups in total. The second-order valence-corrected chi connectivity index (χ2v) is 5.32. The van der Waals surface area contributed by atoms with Gasteiger partial charge in [-0.3, -0.25) is 0 Å². The molecule has 2 rings (SSSR count). The maximum absolute atomic E-state index is 11.1. The molecule has 0 aromatic heterocycles. The highest BCUT2D eigenvalue weighted by Gasteiger charge is 2.40. The summed E-state index contributed by atoms with van der Waals surface area (Å²) in [5.41, 5.74) is 1.79. The minimum atomic E-state index is -0.845. The van der Waals surface area contributed by atoms with Gasteiger partial charge in [0.1, 0.15) is 0 Å². The van der Waals surface area contributed by atoms with Crippen LogP contribution in [-0.2, 0) is 6.54 Å². The minimum absolute atomic E-state index is 0.408. The second-order valence-electron chi connectivity index (χ2n) is 5.32. The van der Waals surface area contributed by atoms with Crippen LogP contribution in [0.3, 0.4) is 0 Å². The van der Waals surface area contributed by atoms with Crippen molar-refractivity contribution in [3.63, 3.8) is 0 Å². The first-order chi connectivity index (χ1) is 8.67. The predicted octanol–water partition coefficient (Wildman–Crippen LogP) is 3.05. The van der Waals surface area contributed by atoms with Crippen LogP contribution in [0.15, 0.2) is 24.3 Å². The van der Waals surface area contributed by atoms with E-state index in [9.17, 15) is 4.79 Å². The summed E-state index contributed by atoms with van der Waals surface area (Å²) in [5.74, 6) is -0.845. The molecular formula is C15H21NO2. The average Bonchev–Trinajstić information content (AvgIpc) is 3.10. The van der Waals surface area contributed by atoms with Crippen LogP contribution in [0.5, 0.6) is 0 Å². The van der Waals surface area contributed by atoms with Gasteiger partial charge in [0.25, 0.3) is 0 Å². The van der Waals surface area contributed by atoms with Crippen LogP contribution >= 0.6 is 0 Å². The molecule has 18 heavy (non-hydrogen) atoms. The summed E-state index contributed by atoms with van der Waals surface area (Å²) in [6, 6.07) is 7.21. The number of aromatic carboxylic acids is 1. The lowest BCUT2D eigenvalue weighted by molar-refractivity contribution is 0.0695. The molecule has 0 atom stereocenters. The number of rotatable bonds is 7. The molecule has 1 fully saturated rings. The molecule has 1 aliphatic rings. The van der Waals surface area contributed by atoms with Crippen LogP contribution in [0.4, 0.5) is 0 Å². The summed E-state index contributed by atoms with van der Waals surface area (Å²) in [6.07, 6.45) is 5.14. The lowest BCUT2D eigenvalue weighted by Crippen LogP contribution is -2.24. The average molecular weight is 247 g/mol. The van der Waals surface area contributed by atoms with Gasteiger partial charge in [-0.2, -0.15) is 0 Å². The van der Waals surface area contributed by atoms with Gasteiger partial charge in [-0.05, 0) is 36.3 Å². The number of nitrogens with one attached hydrogen (secondary N) is 1. The number of hydrogen-bond acceptors (Lipinski definition) is 2. The third-order valence-corrected chi connectivity index (χ3v) is 3.80. The molecule has 1 aliphatic carbocycles. The minimum Gasteiger partial charge on any atom is -0.478 e. The molecule has 3 heteroatoms. The highest BCUT2D eigenvalue weighted by atomic mass is 16.4. The van der Waals surface area contributed by atoms with Crippen LogP contribution < -0.4 is 5.32 Å². The van der Waals surface area contributed by atoms with Gasteiger partial charge in [0, 0.05) is 13.1 Å². The number of hydrogen-bond donors (Lipinski definition) is 2. The Morgan fingerprint density at radius 3 is 2.72 bits per heavy atom. The van der Waals surface area contributed by atoms with Gasteiger partial charge >= 0.3 is 5.97 Å². The van der Waals surface area contributed by atoms with Gasteiger partial charge in [-0.25, -0.2) is 4.79 Å². The van der Waals surface area contributed by atoms with E-state index in [0.717, 1.165) is 12.1 Å². The molecule has 0 radical (unpaired) electrons. The molecule has 3 nitrogen and oxygen atoms in total. The van der Waals surface area contributed by atoms with E-state index in [4.69, 9.17) is 5.11 Å². The molecule has 1 aromatic rings. The summed E-state index contributed by atoms with van der Waals surface area (Å²) >= 11 is 0. The van der Waals surface area contributed by atoms with Crippen molar-refractivity contribution in [2.24, 2.45) is 5.41 Å². The van der Waals surface area contributed by atoms with Gasteiger partial charge in [-0.1, -0.05) is 31.5 Å². The smallest absolute Gasteiger partial charge is 0.336 e. The van der Waals surface area contributed by atoms with Crippen LogP contribution in [0.25, 0.3) is 0 Å². The number of benzene rings is 1. The fourth-order valence-electron chi connectivity index (χ4n) is 2.57. The largest absolute Gasteiger partial charge is 0.478 e. The van der Waals surface area contributed by atoms with Crippen LogP contribution in [0.2, 0.25) is 0 Å². The molecule has 1 saturated carbocycles. The van der Waals surface area contributed by atoms with E-state index in [1.807, 2.05) is 12.1 Å². The summed E-state index contributed by atoms with van der Waals surface area (Å²) < 4.78 is 0. The Hall–Kier alpha value is -1.35. The van der Waals surface area contributed by atoms with E-state index < -0.39 is 5.97 Å². The predicted molar refractivity (Wildman–Crippen MR) is 71.7 cm³/mol. The zero-order valence-electron chi connectivity index (χ0n) is 10.9. The van der Waals surface area contributed by atoms with Gasteiger partial charge < -0.3 is 10.4 Å². The maximum Gasteiger partial charge on any atom is 0.336 e. The summed E-state index contributed by atoms with van der Waals surface area (Å²) in [5, 5.41) is 12.5. The number of carboxylic acid groups (broad SMARTS) is 1. The zero-order chi connectivity index (χ0) is 13.0. The fourth-order valence-corrected chi connectivity index (χ4v) is 2.57. The molecule has 0 bridgehead atoms. The van der Waals surface area contributed by atoms with E-state index in [1.165, 1.54) is 25.7 Å². The van der Waals surface area contributed by atoms with Crippen molar-refractivity contribution in [1.82, 2.24) is 5.32 Å². The normalized spacial score (nSPS) is 16.5. The van der Waals surface area contributed by atoms with Crippen molar-refractivity contribution < 1.29 is 9.90 Å². The third-order valence-electron chi connectivity index (χ3n) is 3.80. The highest BCUT2D eigenvalue weighted by molar-refractivity contribution is 5.89. The van der Waals surface area contributed by atoms with Crippen molar-refractivity contribution in [3.8, 4) is 0 Å². The first kappa shape index (κ1) is 13.1. The molecule has 0 heterocycles. The molecule has 1 aromatic carbocycles. The van der Waals surface area contributed by atoms with Crippen molar-refractivity contribution in [2.75, 3.05) is 6.54 Å². The standard InChI is InChI=1S/C15H21NO2/c1-2-7-15(8-9-15)11-16-10-12-5-3-4-6-13(12)14(17)18/h3-6,16H,2,7-11H2,1H3,(H,17,18). The second kappa shape index (κ2) is 5.53. The Kier molecular flexibility index (Phi) is 4.02. The first-order valence-corrected chi connectivity index (χ1v) is 6.69. The Bertz CT molecular complexity index is 424. The van der Waals surface area contributed by atoms with Gasteiger partial charge in [0.15, 0.2) is 0 Å². The van der Waals surface area contributed by atoms with Crippen molar-refractivity contribution in [2.45, 2.75) is 39.2 Å². The Labute approximate surface area is 108 Å². The molecular weight excluding hydrogens is 226 g/mol. The summed E-state index contributed by atoms with van der Waals surface area (Å²) in [6.45, 7) is 3.88. The topological polar surface area (TPSA) is 49.3 Å². The lowest BCUT2D eigenvalue weighted by atomic mass is 10.0. The van der Waals surface area contributed by atoms with E-state index in [2.05, 4.69) is 12.2 Å². The van der Waals surface area contributed by atoms with E-state index >= 15 is 0 Å². The van der Waals surface area contributed by atoms with E-state index in [-0.39, 0.29) is 0 Å². The molecule has 0 aliphatic heterocycles. The quantitative estimate of drug-likeness (QED) is 0.778. The fraction of sp³-hybridized carbons (Fsp3) is 0.533. The summed E-state index contributed by atoms with van der Waals surface area (Å²) in [4.78, 5) is 11.1. The SMILES string of the molecule is CCCC1(CNCc2ccccc2C(=O)O)CC1. The first-order valence-electron chi connectivity index (χ1n) is 6.69. The van der Waals surface area contributed by atoms with Gasteiger partial charge in [-0.15, -0.1) is 0 Å². The Balaban J connectivity index is 1.89. The van der Waals surface area contributed by atoms with Crippen LogP contribution in [-0.4, -0.2) is 17.6 Å². The Morgan fingerprint density at radius 1 is 1.39 bits per heavy atom.